The van der Waals surface area contributed by atoms with Gasteiger partial charge in [0.15, 0.2) is 0 Å². The van der Waals surface area contributed by atoms with E-state index in [4.69, 9.17) is 4.74 Å². The molecular formula is C16H20F3NO3S. The first-order chi connectivity index (χ1) is 11.2. The highest BCUT2D eigenvalue weighted by Gasteiger charge is 2.46. The first kappa shape index (κ1) is 17.5. The maximum atomic E-state index is 12.5. The molecule has 8 heteroatoms. The molecule has 0 radical (unpaired) electrons. The zero-order valence-electron chi connectivity index (χ0n) is 13.1. The highest BCUT2D eigenvalue weighted by molar-refractivity contribution is 7.92. The topological polar surface area (TPSA) is 55.4 Å². The molecule has 1 unspecified atom stereocenters. The van der Waals surface area contributed by atoms with Crippen molar-refractivity contribution in [3.63, 3.8) is 0 Å². The van der Waals surface area contributed by atoms with Crippen molar-refractivity contribution >= 4 is 15.5 Å². The minimum absolute atomic E-state index is 0.0600. The summed E-state index contributed by atoms with van der Waals surface area (Å²) in [5.74, 6) is 0. The summed E-state index contributed by atoms with van der Waals surface area (Å²) in [5.41, 5.74) is -4.72. The van der Waals surface area contributed by atoms with Crippen molar-refractivity contribution in [3.05, 3.63) is 24.3 Å². The van der Waals surface area contributed by atoms with Gasteiger partial charge in [-0.05, 0) is 49.9 Å². The molecule has 1 aromatic carbocycles. The van der Waals surface area contributed by atoms with Gasteiger partial charge in [0.05, 0.1) is 10.5 Å². The van der Waals surface area contributed by atoms with E-state index < -0.39 is 20.2 Å². The van der Waals surface area contributed by atoms with Crippen LogP contribution >= 0.6 is 0 Å². The fourth-order valence-electron chi connectivity index (χ4n) is 3.62. The molecule has 1 aliphatic carbocycles. The Bertz CT molecular complexity index is 680. The molecule has 1 saturated heterocycles. The van der Waals surface area contributed by atoms with Crippen molar-refractivity contribution in [1.82, 2.24) is 0 Å². The second kappa shape index (κ2) is 6.22. The Kier molecular flexibility index (Phi) is 4.55. The molecule has 1 aliphatic heterocycles. The molecule has 1 spiro atoms. The van der Waals surface area contributed by atoms with E-state index in [-0.39, 0.29) is 11.6 Å². The van der Waals surface area contributed by atoms with Gasteiger partial charge in [-0.25, -0.2) is 8.42 Å². The van der Waals surface area contributed by atoms with Crippen molar-refractivity contribution in [2.75, 3.05) is 11.9 Å². The number of halogens is 3. The van der Waals surface area contributed by atoms with Gasteiger partial charge in [-0.3, -0.25) is 0 Å². The number of hydrogen-bond acceptors (Lipinski definition) is 4. The minimum atomic E-state index is -5.29. The normalized spacial score (nSPS) is 24.2. The third kappa shape index (κ3) is 3.39. The number of rotatable bonds is 3. The molecular weight excluding hydrogens is 343 g/mol. The molecule has 1 heterocycles. The third-order valence-corrected chi connectivity index (χ3v) is 6.35. The Labute approximate surface area is 139 Å². The van der Waals surface area contributed by atoms with Gasteiger partial charge in [0.1, 0.15) is 0 Å². The van der Waals surface area contributed by atoms with Crippen LogP contribution in [0.3, 0.4) is 0 Å². The first-order valence-corrected chi connectivity index (χ1v) is 9.52. The van der Waals surface area contributed by atoms with Crippen LogP contribution in [0.25, 0.3) is 0 Å². The molecule has 1 saturated carbocycles. The summed E-state index contributed by atoms with van der Waals surface area (Å²) in [6, 6.07) is 4.94. The fraction of sp³-hybridized carbons (Fsp3) is 0.625. The lowest BCUT2D eigenvalue weighted by Crippen LogP contribution is -2.42. The summed E-state index contributed by atoms with van der Waals surface area (Å²) < 4.78 is 66.3. The van der Waals surface area contributed by atoms with Crippen LogP contribution in [0.5, 0.6) is 0 Å². The predicted molar refractivity (Wildman–Crippen MR) is 83.5 cm³/mol. The lowest BCUT2D eigenvalue weighted by Gasteiger charge is -2.39. The largest absolute Gasteiger partial charge is 0.501 e. The predicted octanol–water partition coefficient (Wildman–Crippen LogP) is 3.88. The summed E-state index contributed by atoms with van der Waals surface area (Å²) in [6.45, 7) is 0.665. The van der Waals surface area contributed by atoms with Gasteiger partial charge in [0.25, 0.3) is 9.84 Å². The van der Waals surface area contributed by atoms with Gasteiger partial charge < -0.3 is 10.1 Å². The van der Waals surface area contributed by atoms with Gasteiger partial charge in [-0.1, -0.05) is 12.8 Å². The maximum absolute atomic E-state index is 12.5. The van der Waals surface area contributed by atoms with Crippen LogP contribution in [0.15, 0.2) is 29.2 Å². The lowest BCUT2D eigenvalue weighted by atomic mass is 9.89. The Hall–Kier alpha value is -1.28. The van der Waals surface area contributed by atoms with Gasteiger partial charge in [-0.15, -0.1) is 0 Å². The molecule has 0 aromatic heterocycles. The summed E-state index contributed by atoms with van der Waals surface area (Å²) in [4.78, 5) is -0.736. The van der Waals surface area contributed by atoms with Gasteiger partial charge in [-0.2, -0.15) is 13.2 Å². The number of hydrogen-bond donors (Lipinski definition) is 1. The SMILES string of the molecule is O=S(=O)(c1ccc(NC2CCOC3(CCCC3)C2)cc1)C(F)(F)F. The molecule has 1 N–H and O–H groups in total. The number of benzene rings is 1. The zero-order valence-corrected chi connectivity index (χ0v) is 13.9. The van der Waals surface area contributed by atoms with Crippen molar-refractivity contribution in [2.45, 2.75) is 60.6 Å². The number of nitrogens with one attached hydrogen (secondary N) is 1. The average Bonchev–Trinajstić information content (AvgIpc) is 2.94. The molecule has 3 rings (SSSR count). The Balaban J connectivity index is 1.68. The second-order valence-electron chi connectivity index (χ2n) is 6.55. The molecule has 0 bridgehead atoms. The Morgan fingerprint density at radius 3 is 2.33 bits per heavy atom. The number of anilines is 1. The summed E-state index contributed by atoms with van der Waals surface area (Å²) >= 11 is 0. The monoisotopic (exact) mass is 363 g/mol. The summed E-state index contributed by atoms with van der Waals surface area (Å²) in [7, 11) is -5.29. The van der Waals surface area contributed by atoms with Crippen molar-refractivity contribution in [2.24, 2.45) is 0 Å². The molecule has 134 valence electrons. The van der Waals surface area contributed by atoms with E-state index in [1.165, 1.54) is 12.1 Å². The van der Waals surface area contributed by atoms with E-state index in [0.717, 1.165) is 50.7 Å². The molecule has 4 nitrogen and oxygen atoms in total. The van der Waals surface area contributed by atoms with E-state index in [0.29, 0.717) is 12.3 Å². The number of sulfone groups is 1. The highest BCUT2D eigenvalue weighted by Crippen LogP contribution is 2.40. The van der Waals surface area contributed by atoms with Gasteiger partial charge in [0, 0.05) is 18.3 Å². The van der Waals surface area contributed by atoms with E-state index >= 15 is 0 Å². The van der Waals surface area contributed by atoms with Crippen LogP contribution < -0.4 is 5.32 Å². The maximum Gasteiger partial charge on any atom is 0.501 e. The van der Waals surface area contributed by atoms with Crippen LogP contribution in [0, 0.1) is 0 Å². The molecule has 1 atom stereocenters. The molecule has 1 aromatic rings. The zero-order chi connectivity index (χ0) is 17.4. The van der Waals surface area contributed by atoms with Crippen LogP contribution in [0.2, 0.25) is 0 Å². The lowest BCUT2D eigenvalue weighted by molar-refractivity contribution is -0.0767. The molecule has 2 aliphatic rings. The quantitative estimate of drug-likeness (QED) is 0.885. The van der Waals surface area contributed by atoms with E-state index in [2.05, 4.69) is 5.32 Å². The number of ether oxygens (including phenoxy) is 1. The van der Waals surface area contributed by atoms with Crippen molar-refractivity contribution in [1.29, 1.82) is 0 Å². The van der Waals surface area contributed by atoms with Gasteiger partial charge in [0.2, 0.25) is 0 Å². The van der Waals surface area contributed by atoms with E-state index in [1.54, 1.807) is 0 Å². The fourth-order valence-corrected chi connectivity index (χ4v) is 4.38. The first-order valence-electron chi connectivity index (χ1n) is 8.04. The summed E-state index contributed by atoms with van der Waals surface area (Å²) in [6.07, 6.45) is 6.12. The molecule has 24 heavy (non-hydrogen) atoms. The Morgan fingerprint density at radius 1 is 1.12 bits per heavy atom. The molecule has 0 amide bonds. The smallest absolute Gasteiger partial charge is 0.382 e. The average molecular weight is 363 g/mol. The Morgan fingerprint density at radius 2 is 1.75 bits per heavy atom. The van der Waals surface area contributed by atoms with E-state index in [9.17, 15) is 21.6 Å². The second-order valence-corrected chi connectivity index (χ2v) is 8.49. The van der Waals surface area contributed by atoms with Crippen LogP contribution in [-0.2, 0) is 14.6 Å². The van der Waals surface area contributed by atoms with Crippen LogP contribution in [-0.4, -0.2) is 32.2 Å². The minimum Gasteiger partial charge on any atom is -0.382 e. The van der Waals surface area contributed by atoms with Crippen LogP contribution in [0.1, 0.15) is 38.5 Å². The van der Waals surface area contributed by atoms with Gasteiger partial charge >= 0.3 is 5.51 Å². The van der Waals surface area contributed by atoms with E-state index in [1.807, 2.05) is 0 Å². The van der Waals surface area contributed by atoms with Crippen molar-refractivity contribution in [3.8, 4) is 0 Å². The third-order valence-electron chi connectivity index (χ3n) is 4.85. The van der Waals surface area contributed by atoms with Crippen LogP contribution in [0.4, 0.5) is 18.9 Å². The molecule has 2 fully saturated rings. The standard InChI is InChI=1S/C16H20F3NO3S/c17-16(18,19)24(21,22)14-5-3-12(4-6-14)20-13-7-10-23-15(11-13)8-1-2-9-15/h3-6,13,20H,1-2,7-11H2. The summed E-state index contributed by atoms with van der Waals surface area (Å²) in [5, 5.41) is 3.29. The van der Waals surface area contributed by atoms with Crippen molar-refractivity contribution < 1.29 is 26.3 Å². The highest BCUT2D eigenvalue weighted by atomic mass is 32.2. The number of alkyl halides is 3.